The summed E-state index contributed by atoms with van der Waals surface area (Å²) in [6.45, 7) is 0.610. The Morgan fingerprint density at radius 1 is 1.00 bits per heavy atom. The minimum absolute atomic E-state index is 0.107. The second-order valence-electron chi connectivity index (χ2n) is 7.02. The van der Waals surface area contributed by atoms with Gasteiger partial charge in [-0.15, -0.1) is 0 Å². The average Bonchev–Trinajstić information content (AvgIpc) is 2.97. The van der Waals surface area contributed by atoms with Gasteiger partial charge in [0.25, 0.3) is 11.8 Å². The lowest BCUT2D eigenvalue weighted by Crippen LogP contribution is -2.46. The number of amides is 3. The highest BCUT2D eigenvalue weighted by Gasteiger charge is 2.40. The van der Waals surface area contributed by atoms with Crippen molar-refractivity contribution >= 4 is 24.0 Å². The molecule has 0 aliphatic carbocycles. The van der Waals surface area contributed by atoms with Crippen molar-refractivity contribution in [2.45, 2.75) is 25.3 Å². The molecule has 0 spiro atoms. The van der Waals surface area contributed by atoms with E-state index < -0.39 is 6.04 Å². The Kier molecular flexibility index (Phi) is 4.77. The van der Waals surface area contributed by atoms with Crippen molar-refractivity contribution in [3.63, 3.8) is 0 Å². The molecule has 2 aromatic carbocycles. The molecule has 6 nitrogen and oxygen atoms in total. The van der Waals surface area contributed by atoms with Crippen LogP contribution in [-0.2, 0) is 16.0 Å². The molecule has 142 valence electrons. The van der Waals surface area contributed by atoms with Gasteiger partial charge in [-0.05, 0) is 29.7 Å². The molecule has 0 fully saturated rings. The molecule has 0 bridgehead atoms. The molecule has 0 saturated carbocycles. The SMILES string of the molecule is O=CCCC(=O)N1CCc2ccccc2C1CN1C(=O)c2ccccc2C1=O. The third kappa shape index (κ3) is 3.01. The Labute approximate surface area is 162 Å². The average molecular weight is 376 g/mol. The first kappa shape index (κ1) is 18.1. The van der Waals surface area contributed by atoms with Crippen molar-refractivity contribution in [2.24, 2.45) is 0 Å². The molecule has 28 heavy (non-hydrogen) atoms. The van der Waals surface area contributed by atoms with Gasteiger partial charge in [-0.1, -0.05) is 36.4 Å². The maximum atomic E-state index is 12.8. The number of imide groups is 1. The molecule has 6 heteroatoms. The number of aldehydes is 1. The van der Waals surface area contributed by atoms with Gasteiger partial charge in [0.1, 0.15) is 6.29 Å². The Morgan fingerprint density at radius 2 is 1.64 bits per heavy atom. The zero-order valence-corrected chi connectivity index (χ0v) is 15.3. The fourth-order valence-electron chi connectivity index (χ4n) is 4.05. The van der Waals surface area contributed by atoms with Crippen molar-refractivity contribution in [2.75, 3.05) is 13.1 Å². The normalized spacial score (nSPS) is 18.1. The van der Waals surface area contributed by atoms with Crippen LogP contribution in [0.3, 0.4) is 0 Å². The lowest BCUT2D eigenvalue weighted by molar-refractivity contribution is -0.135. The minimum atomic E-state index is -0.411. The van der Waals surface area contributed by atoms with Gasteiger partial charge in [0.05, 0.1) is 23.7 Å². The molecular formula is C22H20N2O4. The molecule has 2 aromatic rings. The largest absolute Gasteiger partial charge is 0.333 e. The zero-order chi connectivity index (χ0) is 19.7. The van der Waals surface area contributed by atoms with Crippen LogP contribution in [0.25, 0.3) is 0 Å². The van der Waals surface area contributed by atoms with Gasteiger partial charge in [-0.2, -0.15) is 0 Å². The molecule has 3 amide bonds. The van der Waals surface area contributed by atoms with E-state index >= 15 is 0 Å². The van der Waals surface area contributed by atoms with Crippen molar-refractivity contribution in [1.82, 2.24) is 9.80 Å². The predicted molar refractivity (Wildman–Crippen MR) is 102 cm³/mol. The smallest absolute Gasteiger partial charge is 0.261 e. The van der Waals surface area contributed by atoms with Gasteiger partial charge in [-0.3, -0.25) is 19.3 Å². The van der Waals surface area contributed by atoms with E-state index in [1.807, 2.05) is 24.3 Å². The first-order valence-electron chi connectivity index (χ1n) is 9.38. The standard InChI is InChI=1S/C22H20N2O4/c25-13-5-10-20(26)23-12-11-15-6-1-2-7-16(15)19(23)14-24-21(27)17-8-3-4-9-18(17)22(24)28/h1-4,6-9,13,19H,5,10-12,14H2. The molecule has 1 atom stereocenters. The number of hydrogen-bond acceptors (Lipinski definition) is 4. The molecule has 0 aromatic heterocycles. The number of hydrogen-bond donors (Lipinski definition) is 0. The molecule has 2 aliphatic rings. The Morgan fingerprint density at radius 3 is 2.32 bits per heavy atom. The molecule has 4 rings (SSSR count). The Bertz CT molecular complexity index is 934. The first-order chi connectivity index (χ1) is 13.6. The molecule has 0 N–H and O–H groups in total. The minimum Gasteiger partial charge on any atom is -0.333 e. The highest BCUT2D eigenvalue weighted by atomic mass is 16.2. The van der Waals surface area contributed by atoms with Gasteiger partial charge in [-0.25, -0.2) is 0 Å². The summed E-state index contributed by atoms with van der Waals surface area (Å²) in [5, 5.41) is 0. The monoisotopic (exact) mass is 376 g/mol. The number of benzene rings is 2. The second-order valence-corrected chi connectivity index (χ2v) is 7.02. The highest BCUT2D eigenvalue weighted by molar-refractivity contribution is 6.21. The Hall–Kier alpha value is -3.28. The van der Waals surface area contributed by atoms with E-state index in [1.54, 1.807) is 29.2 Å². The predicted octanol–water partition coefficient (Wildman–Crippen LogP) is 2.39. The summed E-state index contributed by atoms with van der Waals surface area (Å²) in [6, 6.07) is 14.2. The van der Waals surface area contributed by atoms with Gasteiger partial charge >= 0.3 is 0 Å². The lowest BCUT2D eigenvalue weighted by atomic mass is 9.91. The third-order valence-electron chi connectivity index (χ3n) is 5.44. The molecule has 1 unspecified atom stereocenters. The quantitative estimate of drug-likeness (QED) is 0.593. The van der Waals surface area contributed by atoms with Gasteiger partial charge in [0, 0.05) is 19.4 Å². The van der Waals surface area contributed by atoms with Gasteiger partial charge < -0.3 is 9.69 Å². The fraction of sp³-hybridized carbons (Fsp3) is 0.273. The third-order valence-corrected chi connectivity index (χ3v) is 5.44. The highest BCUT2D eigenvalue weighted by Crippen LogP contribution is 2.33. The van der Waals surface area contributed by atoms with E-state index in [0.29, 0.717) is 24.1 Å². The van der Waals surface area contributed by atoms with E-state index in [0.717, 1.165) is 17.4 Å². The number of carbonyl (C=O) groups excluding carboxylic acids is 4. The van der Waals surface area contributed by atoms with E-state index in [-0.39, 0.29) is 37.1 Å². The number of nitrogens with zero attached hydrogens (tertiary/aromatic N) is 2. The summed E-state index contributed by atoms with van der Waals surface area (Å²) in [6.07, 6.45) is 1.73. The second kappa shape index (κ2) is 7.38. The summed E-state index contributed by atoms with van der Waals surface area (Å²) < 4.78 is 0. The molecular weight excluding hydrogens is 356 g/mol. The van der Waals surface area contributed by atoms with Crippen molar-refractivity contribution in [3.8, 4) is 0 Å². The summed E-state index contributed by atoms with van der Waals surface area (Å²) >= 11 is 0. The topological polar surface area (TPSA) is 74.8 Å². The van der Waals surface area contributed by atoms with Crippen LogP contribution in [0, 0.1) is 0 Å². The van der Waals surface area contributed by atoms with E-state index in [1.165, 1.54) is 4.90 Å². The van der Waals surface area contributed by atoms with Crippen LogP contribution >= 0.6 is 0 Å². The van der Waals surface area contributed by atoms with Crippen LogP contribution in [0.15, 0.2) is 48.5 Å². The van der Waals surface area contributed by atoms with Crippen LogP contribution < -0.4 is 0 Å². The zero-order valence-electron chi connectivity index (χ0n) is 15.3. The molecule has 2 heterocycles. The van der Waals surface area contributed by atoms with Crippen LogP contribution in [0.5, 0.6) is 0 Å². The summed E-state index contributed by atoms with van der Waals surface area (Å²) in [4.78, 5) is 51.9. The number of fused-ring (bicyclic) bond motifs is 2. The fourth-order valence-corrected chi connectivity index (χ4v) is 4.05. The lowest BCUT2D eigenvalue weighted by Gasteiger charge is -2.39. The Balaban J connectivity index is 1.66. The number of rotatable bonds is 5. The summed E-state index contributed by atoms with van der Waals surface area (Å²) in [5.74, 6) is -0.795. The molecule has 0 radical (unpaired) electrons. The van der Waals surface area contributed by atoms with Crippen LogP contribution in [-0.4, -0.2) is 46.9 Å². The first-order valence-corrected chi connectivity index (χ1v) is 9.38. The van der Waals surface area contributed by atoms with Crippen molar-refractivity contribution in [3.05, 3.63) is 70.8 Å². The number of carbonyl (C=O) groups is 4. The maximum absolute atomic E-state index is 12.8. The maximum Gasteiger partial charge on any atom is 0.261 e. The van der Waals surface area contributed by atoms with Crippen LogP contribution in [0.1, 0.15) is 50.7 Å². The van der Waals surface area contributed by atoms with E-state index in [9.17, 15) is 19.2 Å². The van der Waals surface area contributed by atoms with Crippen molar-refractivity contribution in [1.29, 1.82) is 0 Å². The molecule has 2 aliphatic heterocycles. The summed E-state index contributed by atoms with van der Waals surface area (Å²) in [5.41, 5.74) is 2.86. The van der Waals surface area contributed by atoms with Crippen molar-refractivity contribution < 1.29 is 19.2 Å². The van der Waals surface area contributed by atoms with Gasteiger partial charge in [0.15, 0.2) is 0 Å². The van der Waals surface area contributed by atoms with Gasteiger partial charge in [0.2, 0.25) is 5.91 Å². The summed E-state index contributed by atoms with van der Waals surface area (Å²) in [7, 11) is 0. The van der Waals surface area contributed by atoms with E-state index in [4.69, 9.17) is 0 Å². The van der Waals surface area contributed by atoms with Crippen LogP contribution in [0.4, 0.5) is 0 Å². The van der Waals surface area contributed by atoms with Crippen LogP contribution in [0.2, 0.25) is 0 Å². The van der Waals surface area contributed by atoms with E-state index in [2.05, 4.69) is 0 Å². The molecule has 0 saturated heterocycles.